The molecule has 5 heterocycles. The first-order valence-corrected chi connectivity index (χ1v) is 14.0. The van der Waals surface area contributed by atoms with Gasteiger partial charge >= 0.3 is 0 Å². The van der Waals surface area contributed by atoms with Crippen LogP contribution in [0.5, 0.6) is 0 Å². The second kappa shape index (κ2) is 9.36. The lowest BCUT2D eigenvalue weighted by molar-refractivity contribution is 0.0859. The topological polar surface area (TPSA) is 67.1 Å². The summed E-state index contributed by atoms with van der Waals surface area (Å²) >= 11 is 6.13. The number of likely N-dealkylation sites (tertiary alicyclic amines) is 2. The number of imidazole rings is 1. The van der Waals surface area contributed by atoms with E-state index < -0.39 is 0 Å². The molecule has 2 aromatic heterocycles. The maximum Gasteiger partial charge on any atom is 0.159 e. The normalized spacial score (nSPS) is 21.3. The highest BCUT2D eigenvalue weighted by Crippen LogP contribution is 2.31. The van der Waals surface area contributed by atoms with Gasteiger partial charge in [0.25, 0.3) is 0 Å². The highest BCUT2D eigenvalue weighted by Gasteiger charge is 2.31. The van der Waals surface area contributed by atoms with E-state index in [1.54, 1.807) is 0 Å². The van der Waals surface area contributed by atoms with Crippen LogP contribution in [-0.2, 0) is 0 Å². The van der Waals surface area contributed by atoms with Crippen molar-refractivity contribution in [2.75, 3.05) is 44.2 Å². The monoisotopic (exact) mass is 503 g/mol. The molecule has 0 aliphatic carbocycles. The van der Waals surface area contributed by atoms with E-state index in [4.69, 9.17) is 16.6 Å². The van der Waals surface area contributed by atoms with E-state index in [1.165, 1.54) is 70.4 Å². The average molecular weight is 504 g/mol. The molecule has 0 unspecified atom stereocenters. The first kappa shape index (κ1) is 22.6. The Hall–Kier alpha value is -2.61. The van der Waals surface area contributed by atoms with Gasteiger partial charge in [-0.15, -0.1) is 0 Å². The molecule has 0 atom stereocenters. The minimum atomic E-state index is 0.697. The predicted molar refractivity (Wildman–Crippen MR) is 147 cm³/mol. The number of aromatic nitrogens is 4. The van der Waals surface area contributed by atoms with Crippen LogP contribution in [0.25, 0.3) is 33.5 Å². The van der Waals surface area contributed by atoms with E-state index in [2.05, 4.69) is 48.1 Å². The molecule has 3 saturated heterocycles. The molecule has 7 rings (SSSR count). The Balaban J connectivity index is 1.01. The van der Waals surface area contributed by atoms with Crippen LogP contribution in [0, 0.1) is 0 Å². The highest BCUT2D eigenvalue weighted by molar-refractivity contribution is 6.31. The molecule has 0 bridgehead atoms. The second-order valence-corrected chi connectivity index (χ2v) is 11.2. The Morgan fingerprint density at radius 2 is 1.50 bits per heavy atom. The van der Waals surface area contributed by atoms with Crippen LogP contribution in [0.1, 0.15) is 38.5 Å². The number of benzene rings is 2. The number of anilines is 1. The van der Waals surface area contributed by atoms with Gasteiger partial charge in [-0.1, -0.05) is 11.6 Å². The quantitative estimate of drug-likeness (QED) is 0.396. The summed E-state index contributed by atoms with van der Waals surface area (Å²) in [7, 11) is 0. The van der Waals surface area contributed by atoms with Crippen LogP contribution in [0.4, 0.5) is 5.69 Å². The number of hydrogen-bond donors (Lipinski definition) is 2. The van der Waals surface area contributed by atoms with E-state index in [1.807, 2.05) is 18.2 Å². The van der Waals surface area contributed by atoms with Crippen molar-refractivity contribution in [3.8, 4) is 11.5 Å². The third-order valence-corrected chi connectivity index (χ3v) is 8.95. The van der Waals surface area contributed by atoms with Crippen molar-refractivity contribution >= 4 is 39.2 Å². The molecule has 0 radical (unpaired) electrons. The average Bonchev–Trinajstić information content (AvgIpc) is 3.68. The van der Waals surface area contributed by atoms with Crippen molar-refractivity contribution in [1.82, 2.24) is 30.0 Å². The number of fused-ring (bicyclic) bond motifs is 2. The molecule has 36 heavy (non-hydrogen) atoms. The Morgan fingerprint density at radius 1 is 0.778 bits per heavy atom. The number of H-pyrrole nitrogens is 2. The van der Waals surface area contributed by atoms with Gasteiger partial charge in [0.05, 0.1) is 16.6 Å². The van der Waals surface area contributed by atoms with Crippen LogP contribution in [0.15, 0.2) is 36.4 Å². The number of nitrogens with one attached hydrogen (secondary N) is 2. The van der Waals surface area contributed by atoms with Gasteiger partial charge < -0.3 is 19.7 Å². The highest BCUT2D eigenvalue weighted by atomic mass is 35.5. The fourth-order valence-electron chi connectivity index (χ4n) is 6.69. The number of halogens is 1. The zero-order valence-corrected chi connectivity index (χ0v) is 21.5. The van der Waals surface area contributed by atoms with Crippen LogP contribution in [0.2, 0.25) is 5.02 Å². The van der Waals surface area contributed by atoms with E-state index >= 15 is 0 Å². The third kappa shape index (κ3) is 4.17. The minimum Gasteiger partial charge on any atom is -0.371 e. The molecular formula is C28H34ClN7. The van der Waals surface area contributed by atoms with E-state index in [-0.39, 0.29) is 0 Å². The molecule has 3 aliphatic heterocycles. The van der Waals surface area contributed by atoms with Crippen molar-refractivity contribution in [2.24, 2.45) is 0 Å². The second-order valence-electron chi connectivity index (χ2n) is 10.8. The maximum atomic E-state index is 6.13. The third-order valence-electron chi connectivity index (χ3n) is 8.72. The largest absolute Gasteiger partial charge is 0.371 e. The molecule has 0 saturated carbocycles. The van der Waals surface area contributed by atoms with Gasteiger partial charge in [-0.25, -0.2) is 4.98 Å². The molecule has 3 fully saturated rings. The maximum absolute atomic E-state index is 6.13. The first-order chi connectivity index (χ1) is 17.7. The van der Waals surface area contributed by atoms with Gasteiger partial charge in [-0.2, -0.15) is 5.10 Å². The Morgan fingerprint density at radius 3 is 2.28 bits per heavy atom. The lowest BCUT2D eigenvalue weighted by Crippen LogP contribution is -2.50. The lowest BCUT2D eigenvalue weighted by Gasteiger charge is -2.43. The molecule has 7 nitrogen and oxygen atoms in total. The number of hydrogen-bond acceptors (Lipinski definition) is 5. The molecule has 2 aromatic carbocycles. The molecule has 3 aliphatic rings. The Bertz CT molecular complexity index is 1360. The molecular weight excluding hydrogens is 470 g/mol. The van der Waals surface area contributed by atoms with Crippen LogP contribution >= 0.6 is 11.6 Å². The lowest BCUT2D eigenvalue weighted by atomic mass is 9.97. The summed E-state index contributed by atoms with van der Waals surface area (Å²) in [5.41, 5.74) is 5.04. The Kier molecular flexibility index (Phi) is 5.87. The van der Waals surface area contributed by atoms with Gasteiger partial charge in [0.2, 0.25) is 0 Å². The van der Waals surface area contributed by atoms with Gasteiger partial charge in [0.1, 0.15) is 5.69 Å². The summed E-state index contributed by atoms with van der Waals surface area (Å²) in [6.07, 6.45) is 8.02. The van der Waals surface area contributed by atoms with Crippen molar-refractivity contribution in [3.05, 3.63) is 41.4 Å². The fraction of sp³-hybridized carbons (Fsp3) is 0.500. The summed E-state index contributed by atoms with van der Waals surface area (Å²) in [6, 6.07) is 14.0. The van der Waals surface area contributed by atoms with Gasteiger partial charge in [0, 0.05) is 41.3 Å². The number of piperidine rings is 2. The molecule has 0 amide bonds. The van der Waals surface area contributed by atoms with E-state index in [0.29, 0.717) is 5.02 Å². The summed E-state index contributed by atoms with van der Waals surface area (Å²) in [4.78, 5) is 16.4. The summed E-state index contributed by atoms with van der Waals surface area (Å²) in [5.74, 6) is 0.784. The van der Waals surface area contributed by atoms with Gasteiger partial charge in [-0.3, -0.25) is 5.10 Å². The van der Waals surface area contributed by atoms with E-state index in [0.717, 1.165) is 58.6 Å². The molecule has 8 heteroatoms. The zero-order valence-electron chi connectivity index (χ0n) is 20.7. The Labute approximate surface area is 216 Å². The minimum absolute atomic E-state index is 0.697. The van der Waals surface area contributed by atoms with Crippen molar-refractivity contribution in [2.45, 2.75) is 50.6 Å². The summed E-state index contributed by atoms with van der Waals surface area (Å²) in [5, 5.41) is 9.29. The van der Waals surface area contributed by atoms with Crippen molar-refractivity contribution in [1.29, 1.82) is 0 Å². The predicted octanol–water partition coefficient (Wildman–Crippen LogP) is 5.29. The molecule has 4 aromatic rings. The van der Waals surface area contributed by atoms with Gasteiger partial charge in [0.15, 0.2) is 5.82 Å². The zero-order chi connectivity index (χ0) is 24.1. The number of aromatic amines is 2. The van der Waals surface area contributed by atoms with Crippen LogP contribution in [0.3, 0.4) is 0 Å². The molecule has 0 spiro atoms. The van der Waals surface area contributed by atoms with Crippen molar-refractivity contribution in [3.63, 3.8) is 0 Å². The SMILES string of the molecule is Clc1ccc2c(-c3nc4cc(N5CCC(N6CCC(N7CCCC7)CC6)CC5)ccc4[nH]3)n[nH]c2c1. The summed E-state index contributed by atoms with van der Waals surface area (Å²) < 4.78 is 0. The summed E-state index contributed by atoms with van der Waals surface area (Å²) in [6.45, 7) is 7.45. The van der Waals surface area contributed by atoms with Crippen LogP contribution < -0.4 is 4.90 Å². The van der Waals surface area contributed by atoms with Crippen molar-refractivity contribution < 1.29 is 0 Å². The first-order valence-electron chi connectivity index (χ1n) is 13.6. The molecule has 188 valence electrons. The fourth-order valence-corrected chi connectivity index (χ4v) is 6.86. The smallest absolute Gasteiger partial charge is 0.159 e. The van der Waals surface area contributed by atoms with Crippen LogP contribution in [-0.4, -0.2) is 81.3 Å². The molecule has 2 N–H and O–H groups in total. The number of nitrogens with zero attached hydrogens (tertiary/aromatic N) is 5. The standard InChI is InChI=1S/C28H34ClN7/c29-19-3-5-23-25(17-19)32-33-27(23)28-30-24-6-4-22(18-26(24)31-28)36-15-9-21(10-16-36)35-13-7-20(8-14-35)34-11-1-2-12-34/h3-6,17-18,20-21H,1-2,7-16H2,(H,30,31)(H,32,33). The number of rotatable bonds is 4. The van der Waals surface area contributed by atoms with Gasteiger partial charge in [-0.05, 0) is 101 Å². The van der Waals surface area contributed by atoms with E-state index in [9.17, 15) is 0 Å².